The third-order valence-corrected chi connectivity index (χ3v) is 21.4. The van der Waals surface area contributed by atoms with E-state index in [1.807, 2.05) is 0 Å². The first-order chi connectivity index (χ1) is 58.0. The molecule has 25 rings (SSSR count). The molecule has 0 unspecified atom stereocenters. The standard InChI is InChI=1S/C72H114N12O36.Fe/c1-94-31-37-49-55(100-7)61(106-13)67(112-37)115-46-34(28-76-43(85)16-22-73-40-19-25-82(91)70(88)79-40)110-65(59(104-11)52(46)97-4)119-50-38(32-95-2)114-69(63(108-15)56(50)101-8)117-48-36(30-78-45(87)18-24-75-42-21-27-84(93)72(90)81-42)111-66(60(105-12)54(48)99-6)120-51-39(33-96-3)113-68(62(107-14)57(51)102-9)116-47-35(109-64(118-49)58(103-10)53(47)98-5)29-77-44(86)17-23-74-41-20-26-83(92)71(89)80-41;/h19-21,25-27,34-39,46-69,91-93H,16-18,22-24,28-33H2,1-15H3,(H,76,85)(H,77,86)(H,78,87)(H,73,79,88)(H,74,80,89)(H,75,81,90);/t34-,35-,36-,37-,38-,39-,46-,47-,48-,49-,50-,51-,52+,53+,54+,55+,56+,57+,58-,59-,60-,61-,62-,63-,64-,65-,66-,67-,68-,69-;/m1./s1. The van der Waals surface area contributed by atoms with Crippen molar-refractivity contribution in [3.63, 3.8) is 0 Å². The molecule has 121 heavy (non-hydrogen) atoms. The summed E-state index contributed by atoms with van der Waals surface area (Å²) in [6.45, 7) is -1.67. The van der Waals surface area contributed by atoms with Crippen LogP contribution in [0.3, 0.4) is 0 Å². The Bertz CT molecular complexity index is 3480. The Labute approximate surface area is 706 Å². The minimum Gasteiger partial charge on any atom is -0.424 e. The molecular formula is C72H114FeN12O36. The van der Waals surface area contributed by atoms with Crippen LogP contribution in [0, 0.1) is 0 Å². The molecule has 48 nitrogen and oxygen atoms in total. The summed E-state index contributed by atoms with van der Waals surface area (Å²) < 4.78 is 179. The van der Waals surface area contributed by atoms with Crippen LogP contribution in [0.15, 0.2) is 51.2 Å². The maximum Gasteiger partial charge on any atom is 0.382 e. The van der Waals surface area contributed by atoms with Gasteiger partial charge in [-0.3, -0.25) is 14.4 Å². The van der Waals surface area contributed by atoms with E-state index in [0.29, 0.717) is 14.2 Å². The van der Waals surface area contributed by atoms with Crippen LogP contribution in [0.25, 0.3) is 0 Å². The zero-order chi connectivity index (χ0) is 86.4. The molecule has 0 saturated carbocycles. The SMILES string of the molecule is COC[C@H]1O[C@@H]2O[C@H]3[C@H](OC)[C@@H](OC)[C@@H](O[C@H]4[C@H](OC)[C@@H](OC)[C@@H](O[C@H]5[C@H](OC)[C@@H](OC)[C@@H](O[C@H]6[C@H](OC)[C@@H](OC)[C@@H](O[C@H]7[C@H](OC)[C@@H](OC)[C@@H](O[C@H]1[C@H](OC)[C@H]2OC)O[C@@H]7CNC(=O)CCNc1ccn(O)c(=O)n1)O[C@@H]6COC)O[C@@H]5CNC(=O)CCNc1ccn(O)c(=O)n1)O[C@@H]4COC)O[C@@H]3CNC(=O)CCNc1ccn(O)c(=O)n1.[Fe]. The van der Waals surface area contributed by atoms with Gasteiger partial charge in [0, 0.05) is 200 Å². The summed E-state index contributed by atoms with van der Waals surface area (Å²) in [5, 5.41) is 46.7. The van der Waals surface area contributed by atoms with Crippen LogP contribution in [0.2, 0.25) is 0 Å². The Morgan fingerprint density at radius 2 is 0.504 bits per heavy atom. The second-order valence-electron chi connectivity index (χ2n) is 28.4. The summed E-state index contributed by atoms with van der Waals surface area (Å²) in [5.74, 6) is -1.30. The Balaban J connectivity index is 0.0000166. The molecule has 0 spiro atoms. The zero-order valence-corrected chi connectivity index (χ0v) is 70.7. The van der Waals surface area contributed by atoms with E-state index in [1.165, 1.54) is 125 Å². The summed E-state index contributed by atoms with van der Waals surface area (Å²) in [6.07, 6.45) is -35.4. The average Bonchev–Trinajstić information content (AvgIpc) is 0.758. The number of amides is 3. The fourth-order valence-corrected chi connectivity index (χ4v) is 15.6. The fraction of sp³-hybridized carbons (Fsp3) is 0.792. The maximum absolute atomic E-state index is 14.1. The monoisotopic (exact) mass is 1780 g/mol. The van der Waals surface area contributed by atoms with E-state index in [-0.39, 0.29) is 113 Å². The molecule has 3 aromatic rings. The number of hydrogen-bond acceptors (Lipinski definition) is 42. The van der Waals surface area contributed by atoms with Crippen molar-refractivity contribution in [2.45, 2.75) is 203 Å². The van der Waals surface area contributed by atoms with Crippen molar-refractivity contribution in [1.82, 2.24) is 45.1 Å². The van der Waals surface area contributed by atoms with Crippen molar-refractivity contribution >= 4 is 35.2 Å². The largest absolute Gasteiger partial charge is 0.424 e. The zero-order valence-electron chi connectivity index (χ0n) is 69.6. The van der Waals surface area contributed by atoms with Gasteiger partial charge in [-0.2, -0.15) is 15.0 Å². The number of methoxy groups -OCH3 is 15. The summed E-state index contributed by atoms with van der Waals surface area (Å²) in [4.78, 5) is 90.0. The van der Waals surface area contributed by atoms with E-state index in [1.54, 1.807) is 0 Å². The summed E-state index contributed by atoms with van der Waals surface area (Å²) in [7, 11) is 21.1. The van der Waals surface area contributed by atoms with Crippen LogP contribution < -0.4 is 49.0 Å². The third-order valence-electron chi connectivity index (χ3n) is 21.4. The van der Waals surface area contributed by atoms with E-state index >= 15 is 0 Å². The van der Waals surface area contributed by atoms with Crippen molar-refractivity contribution in [2.75, 3.05) is 182 Å². The predicted octanol–water partition coefficient (Wildman–Crippen LogP) is -4.99. The molecule has 49 heteroatoms. The van der Waals surface area contributed by atoms with Gasteiger partial charge in [0.05, 0.1) is 38.4 Å². The van der Waals surface area contributed by atoms with E-state index in [9.17, 15) is 44.4 Å². The minimum absolute atomic E-state index is 0. The van der Waals surface area contributed by atoms with Crippen LogP contribution in [0.4, 0.5) is 17.5 Å². The van der Waals surface area contributed by atoms with Crippen LogP contribution in [0.5, 0.6) is 0 Å². The van der Waals surface area contributed by atoms with Crippen LogP contribution >= 0.6 is 0 Å². The molecule has 3 amide bonds. The molecule has 0 aliphatic carbocycles. The van der Waals surface area contributed by atoms with Gasteiger partial charge >= 0.3 is 17.1 Å². The Kier molecular flexibility index (Phi) is 38.6. The van der Waals surface area contributed by atoms with Crippen molar-refractivity contribution in [3.05, 3.63) is 68.2 Å². The quantitative estimate of drug-likeness (QED) is 0.0194. The normalized spacial score (nSPS) is 35.1. The Morgan fingerprint density at radius 1 is 0.314 bits per heavy atom. The molecule has 3 aromatic heterocycles. The van der Waals surface area contributed by atoms with Crippen molar-refractivity contribution < 1.29 is 175 Å². The number of nitrogens with zero attached hydrogens (tertiary/aromatic N) is 6. The van der Waals surface area contributed by atoms with Crippen LogP contribution in [-0.2, 0) is 159 Å². The molecule has 0 radical (unpaired) electrons. The maximum atomic E-state index is 14.1. The van der Waals surface area contributed by atoms with Gasteiger partial charge in [0.15, 0.2) is 37.7 Å². The Hall–Kier alpha value is -6.71. The number of carbonyl (C=O) groups is 3. The molecule has 686 valence electrons. The summed E-state index contributed by atoms with van der Waals surface area (Å²) in [5.41, 5.74) is -2.86. The first-order valence-electron chi connectivity index (χ1n) is 38.6. The number of carbonyl (C=O) groups excluding carboxylic acids is 3. The second-order valence-corrected chi connectivity index (χ2v) is 28.4. The van der Waals surface area contributed by atoms with Gasteiger partial charge in [-0.15, -0.1) is 14.2 Å². The van der Waals surface area contributed by atoms with Gasteiger partial charge in [-0.25, -0.2) is 14.4 Å². The third kappa shape index (κ3) is 23.9. The number of aromatic nitrogens is 6. The molecule has 22 aliphatic heterocycles. The molecule has 9 N–H and O–H groups in total. The van der Waals surface area contributed by atoms with Crippen LogP contribution in [0.1, 0.15) is 19.3 Å². The van der Waals surface area contributed by atoms with Crippen molar-refractivity contribution in [1.29, 1.82) is 0 Å². The van der Waals surface area contributed by atoms with E-state index in [4.69, 9.17) is 128 Å². The second kappa shape index (κ2) is 47.6. The summed E-state index contributed by atoms with van der Waals surface area (Å²) >= 11 is 0. The topological polar surface area (TPSA) is 538 Å². The molecule has 22 fully saturated rings. The van der Waals surface area contributed by atoms with Gasteiger partial charge in [0.2, 0.25) is 17.7 Å². The van der Waals surface area contributed by atoms with E-state index in [0.717, 1.165) is 18.6 Å². The van der Waals surface area contributed by atoms with Crippen molar-refractivity contribution in [2.24, 2.45) is 0 Å². The first kappa shape index (κ1) is 98.1. The molecule has 22 aliphatic rings. The number of hydrogen-bond donors (Lipinski definition) is 9. The minimum atomic E-state index is -1.48. The van der Waals surface area contributed by atoms with Gasteiger partial charge < -0.3 is 175 Å². The predicted molar refractivity (Wildman–Crippen MR) is 402 cm³/mol. The summed E-state index contributed by atoms with van der Waals surface area (Å²) in [6, 6.07) is 4.02. The number of rotatable bonds is 36. The molecular weight excluding hydrogens is 1660 g/mol. The number of nitrogens with one attached hydrogen (secondary N) is 6. The fourth-order valence-electron chi connectivity index (χ4n) is 15.6. The van der Waals surface area contributed by atoms with E-state index in [2.05, 4.69) is 46.9 Å². The molecule has 22 saturated heterocycles. The van der Waals surface area contributed by atoms with Crippen molar-refractivity contribution in [3.8, 4) is 0 Å². The smallest absolute Gasteiger partial charge is 0.382 e. The van der Waals surface area contributed by atoms with Gasteiger partial charge in [0.1, 0.15) is 164 Å². The molecule has 12 bridgehead atoms. The van der Waals surface area contributed by atoms with Gasteiger partial charge in [-0.1, -0.05) is 0 Å². The first-order valence-corrected chi connectivity index (χ1v) is 38.6. The van der Waals surface area contributed by atoms with Gasteiger partial charge in [0.25, 0.3) is 0 Å². The number of anilines is 3. The van der Waals surface area contributed by atoms with E-state index < -0.39 is 219 Å². The molecule has 0 aromatic carbocycles. The molecule has 25 heterocycles. The Morgan fingerprint density at radius 3 is 0.686 bits per heavy atom. The number of ether oxygens (including phenoxy) is 27. The molecule has 30 atom stereocenters. The van der Waals surface area contributed by atoms with Crippen LogP contribution in [-0.4, -0.2) is 412 Å². The average molecular weight is 1780 g/mol. The van der Waals surface area contributed by atoms with Gasteiger partial charge in [-0.05, 0) is 0 Å².